The Kier molecular flexibility index (Phi) is 4.84. The van der Waals surface area contributed by atoms with E-state index in [-0.39, 0.29) is 18.1 Å². The topological polar surface area (TPSA) is 45.2 Å². The maximum atomic E-state index is 12.5. The molecule has 0 bridgehead atoms. The zero-order chi connectivity index (χ0) is 17.1. The van der Waals surface area contributed by atoms with Gasteiger partial charge in [-0.2, -0.15) is 0 Å². The molecular weight excluding hydrogens is 298 g/mol. The molecule has 1 aliphatic rings. The minimum Gasteiger partial charge on any atom is -0.335 e. The van der Waals surface area contributed by atoms with E-state index in [4.69, 9.17) is 0 Å². The first-order chi connectivity index (χ1) is 11.5. The van der Waals surface area contributed by atoms with Crippen molar-refractivity contribution in [2.75, 3.05) is 7.05 Å². The summed E-state index contributed by atoms with van der Waals surface area (Å²) in [5, 5.41) is 3.17. The van der Waals surface area contributed by atoms with Gasteiger partial charge in [0.15, 0.2) is 0 Å². The van der Waals surface area contributed by atoms with Crippen molar-refractivity contribution >= 4 is 6.03 Å². The van der Waals surface area contributed by atoms with Crippen LogP contribution in [0.3, 0.4) is 0 Å². The summed E-state index contributed by atoms with van der Waals surface area (Å²) >= 11 is 0. The van der Waals surface area contributed by atoms with Crippen LogP contribution >= 0.6 is 0 Å². The zero-order valence-electron chi connectivity index (χ0n) is 14.6. The molecule has 0 aliphatic heterocycles. The highest BCUT2D eigenvalue weighted by atomic mass is 16.2. The summed E-state index contributed by atoms with van der Waals surface area (Å²) in [6.45, 7) is 4.12. The lowest BCUT2D eigenvalue weighted by molar-refractivity contribution is 0.189. The van der Waals surface area contributed by atoms with Crippen molar-refractivity contribution < 1.29 is 4.79 Å². The largest absolute Gasteiger partial charge is 0.335 e. The van der Waals surface area contributed by atoms with Crippen molar-refractivity contribution in [3.63, 3.8) is 0 Å². The maximum absolute atomic E-state index is 12.5. The molecule has 4 heteroatoms. The van der Waals surface area contributed by atoms with Crippen LogP contribution in [0, 0.1) is 6.92 Å². The molecule has 4 nitrogen and oxygen atoms in total. The molecule has 0 saturated heterocycles. The molecule has 1 atom stereocenters. The SMILES string of the molecule is Cc1ccnc(C[C@H](C)N(C)C(=O)NC2Cc3ccccc3C2)c1. The number of hydrogen-bond acceptors (Lipinski definition) is 2. The quantitative estimate of drug-likeness (QED) is 0.939. The van der Waals surface area contributed by atoms with Crippen LogP contribution in [0.2, 0.25) is 0 Å². The van der Waals surface area contributed by atoms with Crippen LogP contribution in [0.25, 0.3) is 0 Å². The van der Waals surface area contributed by atoms with Crippen molar-refractivity contribution in [2.24, 2.45) is 0 Å². The first-order valence-corrected chi connectivity index (χ1v) is 8.54. The average Bonchev–Trinajstić information content (AvgIpc) is 2.96. The van der Waals surface area contributed by atoms with Crippen LogP contribution in [0.1, 0.15) is 29.3 Å². The van der Waals surface area contributed by atoms with E-state index in [2.05, 4.69) is 54.5 Å². The molecule has 1 aromatic heterocycles. The fourth-order valence-electron chi connectivity index (χ4n) is 3.29. The number of rotatable bonds is 4. The van der Waals surface area contributed by atoms with Crippen LogP contribution in [-0.4, -0.2) is 35.0 Å². The Labute approximate surface area is 143 Å². The van der Waals surface area contributed by atoms with Gasteiger partial charge in [0.2, 0.25) is 0 Å². The van der Waals surface area contributed by atoms with Gasteiger partial charge < -0.3 is 10.2 Å². The highest BCUT2D eigenvalue weighted by molar-refractivity contribution is 5.74. The van der Waals surface area contributed by atoms with E-state index in [1.807, 2.05) is 19.3 Å². The van der Waals surface area contributed by atoms with Gasteiger partial charge in [0.1, 0.15) is 0 Å². The predicted octanol–water partition coefficient (Wildman–Crippen LogP) is 3.13. The van der Waals surface area contributed by atoms with Gasteiger partial charge in [-0.25, -0.2) is 4.79 Å². The number of benzene rings is 1. The smallest absolute Gasteiger partial charge is 0.317 e. The fourth-order valence-corrected chi connectivity index (χ4v) is 3.29. The van der Waals surface area contributed by atoms with Gasteiger partial charge in [0, 0.05) is 37.4 Å². The van der Waals surface area contributed by atoms with Gasteiger partial charge in [-0.15, -0.1) is 0 Å². The summed E-state index contributed by atoms with van der Waals surface area (Å²) in [6, 6.07) is 12.8. The summed E-state index contributed by atoms with van der Waals surface area (Å²) in [7, 11) is 1.86. The van der Waals surface area contributed by atoms with E-state index in [0.717, 1.165) is 25.0 Å². The molecule has 0 radical (unpaired) electrons. The average molecular weight is 323 g/mol. The van der Waals surface area contributed by atoms with Gasteiger partial charge in [-0.05, 0) is 55.5 Å². The highest BCUT2D eigenvalue weighted by Gasteiger charge is 2.25. The molecule has 0 saturated carbocycles. The molecule has 2 aromatic rings. The first kappa shape index (κ1) is 16.5. The number of fused-ring (bicyclic) bond motifs is 1. The van der Waals surface area contributed by atoms with Gasteiger partial charge in [0.25, 0.3) is 0 Å². The summed E-state index contributed by atoms with van der Waals surface area (Å²) in [6.07, 6.45) is 4.43. The third kappa shape index (κ3) is 3.75. The number of urea groups is 1. The number of likely N-dealkylation sites (N-methyl/N-ethyl adjacent to an activating group) is 1. The number of carbonyl (C=O) groups is 1. The predicted molar refractivity (Wildman–Crippen MR) is 96.1 cm³/mol. The molecule has 3 rings (SSSR count). The number of nitrogens with zero attached hydrogens (tertiary/aromatic N) is 2. The first-order valence-electron chi connectivity index (χ1n) is 8.54. The second-order valence-corrected chi connectivity index (χ2v) is 6.81. The Morgan fingerprint density at radius 3 is 2.58 bits per heavy atom. The summed E-state index contributed by atoms with van der Waals surface area (Å²) in [4.78, 5) is 18.7. The zero-order valence-corrected chi connectivity index (χ0v) is 14.6. The molecule has 0 fully saturated rings. The molecule has 0 unspecified atom stereocenters. The molecule has 1 heterocycles. The summed E-state index contributed by atoms with van der Waals surface area (Å²) < 4.78 is 0. The standard InChI is InChI=1S/C20H25N3O/c1-14-8-9-21-18(10-14)11-15(2)23(3)20(24)22-19-12-16-6-4-5-7-17(16)13-19/h4-10,15,19H,11-13H2,1-3H3,(H,22,24)/t15-/m0/s1. The lowest BCUT2D eigenvalue weighted by atomic mass is 10.1. The fraction of sp³-hybridized carbons (Fsp3) is 0.400. The van der Waals surface area contributed by atoms with Crippen LogP contribution < -0.4 is 5.32 Å². The van der Waals surface area contributed by atoms with Crippen molar-refractivity contribution in [2.45, 2.75) is 45.2 Å². The van der Waals surface area contributed by atoms with E-state index in [0.29, 0.717) is 0 Å². The minimum atomic E-state index is -0.00652. The molecule has 1 N–H and O–H groups in total. The molecule has 0 spiro atoms. The van der Waals surface area contributed by atoms with Crippen molar-refractivity contribution in [1.29, 1.82) is 0 Å². The highest BCUT2D eigenvalue weighted by Crippen LogP contribution is 2.21. The molecule has 1 aliphatic carbocycles. The monoisotopic (exact) mass is 323 g/mol. The summed E-state index contributed by atoms with van der Waals surface area (Å²) in [5.41, 5.74) is 4.92. The Morgan fingerprint density at radius 2 is 1.96 bits per heavy atom. The third-order valence-corrected chi connectivity index (χ3v) is 4.84. The van der Waals surface area contributed by atoms with E-state index >= 15 is 0 Å². The second-order valence-electron chi connectivity index (χ2n) is 6.81. The third-order valence-electron chi connectivity index (χ3n) is 4.84. The van der Waals surface area contributed by atoms with Crippen molar-refractivity contribution in [3.05, 3.63) is 65.0 Å². The van der Waals surface area contributed by atoms with Crippen LogP contribution in [-0.2, 0) is 19.3 Å². The number of pyridine rings is 1. The van der Waals surface area contributed by atoms with Crippen molar-refractivity contribution in [1.82, 2.24) is 15.2 Å². The van der Waals surface area contributed by atoms with Gasteiger partial charge in [-0.1, -0.05) is 24.3 Å². The molecule has 126 valence electrons. The molecular formula is C20H25N3O. The van der Waals surface area contributed by atoms with Crippen LogP contribution in [0.4, 0.5) is 4.79 Å². The summed E-state index contributed by atoms with van der Waals surface area (Å²) in [5.74, 6) is 0. The number of nitrogens with one attached hydrogen (secondary N) is 1. The number of carbonyl (C=O) groups excluding carboxylic acids is 1. The van der Waals surface area contributed by atoms with E-state index in [9.17, 15) is 4.79 Å². The van der Waals surface area contributed by atoms with Crippen molar-refractivity contribution in [3.8, 4) is 0 Å². The molecule has 2 amide bonds. The second kappa shape index (κ2) is 7.04. The maximum Gasteiger partial charge on any atom is 0.317 e. The Bertz CT molecular complexity index is 703. The Morgan fingerprint density at radius 1 is 1.29 bits per heavy atom. The Hall–Kier alpha value is -2.36. The minimum absolute atomic E-state index is 0.00652. The van der Waals surface area contributed by atoms with E-state index in [1.54, 1.807) is 4.90 Å². The van der Waals surface area contributed by atoms with Gasteiger partial charge >= 0.3 is 6.03 Å². The number of hydrogen-bond donors (Lipinski definition) is 1. The number of aromatic nitrogens is 1. The molecule has 1 aromatic carbocycles. The van der Waals surface area contributed by atoms with Crippen LogP contribution in [0.5, 0.6) is 0 Å². The van der Waals surface area contributed by atoms with E-state index < -0.39 is 0 Å². The van der Waals surface area contributed by atoms with Gasteiger partial charge in [-0.3, -0.25) is 4.98 Å². The van der Waals surface area contributed by atoms with Crippen LogP contribution in [0.15, 0.2) is 42.6 Å². The lowest BCUT2D eigenvalue weighted by Crippen LogP contribution is -2.47. The lowest BCUT2D eigenvalue weighted by Gasteiger charge is -2.26. The Balaban J connectivity index is 1.55. The normalized spacial score (nSPS) is 15.0. The molecule has 24 heavy (non-hydrogen) atoms. The number of amides is 2. The number of aryl methyl sites for hydroxylation is 1. The van der Waals surface area contributed by atoms with Gasteiger partial charge in [0.05, 0.1) is 0 Å². The van der Waals surface area contributed by atoms with E-state index in [1.165, 1.54) is 16.7 Å².